The second kappa shape index (κ2) is 4.00. The van der Waals surface area contributed by atoms with Crippen LogP contribution in [0.1, 0.15) is 11.3 Å². The zero-order valence-electron chi connectivity index (χ0n) is 9.18. The molecule has 1 aromatic rings. The van der Waals surface area contributed by atoms with Gasteiger partial charge in [-0.3, -0.25) is 9.59 Å². The van der Waals surface area contributed by atoms with Gasteiger partial charge in [0.15, 0.2) is 0 Å². The molecule has 0 aliphatic carbocycles. The molecule has 4 nitrogen and oxygen atoms in total. The Kier molecular flexibility index (Phi) is 2.48. The number of nitrogens with zero attached hydrogens (tertiary/aromatic N) is 1. The van der Waals surface area contributed by atoms with Crippen LogP contribution in [0.4, 0.5) is 0 Å². The molecule has 0 aromatic carbocycles. The second-order valence-corrected chi connectivity index (χ2v) is 5.21. The van der Waals surface area contributed by atoms with Crippen LogP contribution < -0.4 is 5.32 Å². The summed E-state index contributed by atoms with van der Waals surface area (Å²) in [5.74, 6) is -0.106. The lowest BCUT2D eigenvalue weighted by molar-refractivity contribution is -0.139. The monoisotopic (exact) mass is 248 g/mol. The first-order valence-electron chi connectivity index (χ1n) is 5.60. The highest BCUT2D eigenvalue weighted by molar-refractivity contribution is 7.09. The Morgan fingerprint density at radius 3 is 3.12 bits per heavy atom. The SMILES string of the molecule is O=C1NC(Cc2cccs2)C(=O)N2CCC=C12. The number of carbonyl (C=O) groups excluding carboxylic acids is 2. The van der Waals surface area contributed by atoms with Gasteiger partial charge in [0.05, 0.1) is 0 Å². The topological polar surface area (TPSA) is 49.4 Å². The maximum atomic E-state index is 12.2. The van der Waals surface area contributed by atoms with E-state index < -0.39 is 6.04 Å². The molecule has 0 saturated carbocycles. The molecule has 2 aliphatic rings. The van der Waals surface area contributed by atoms with Crippen LogP contribution in [0, 0.1) is 0 Å². The lowest BCUT2D eigenvalue weighted by atomic mass is 10.1. The number of hydrogen-bond acceptors (Lipinski definition) is 3. The number of hydrogen-bond donors (Lipinski definition) is 1. The summed E-state index contributed by atoms with van der Waals surface area (Å²) < 4.78 is 0. The van der Waals surface area contributed by atoms with Gasteiger partial charge in [-0.1, -0.05) is 12.1 Å². The summed E-state index contributed by atoms with van der Waals surface area (Å²) in [6, 6.07) is 3.53. The average molecular weight is 248 g/mol. The molecule has 0 bridgehead atoms. The van der Waals surface area contributed by atoms with E-state index >= 15 is 0 Å². The standard InChI is InChI=1S/C12H12N2O2S/c15-11-10-4-1-5-14(10)12(16)9(13-11)7-8-3-2-6-17-8/h2-4,6,9H,1,5,7H2,(H,13,15). The van der Waals surface area contributed by atoms with E-state index in [1.165, 1.54) is 0 Å². The Morgan fingerprint density at radius 1 is 1.47 bits per heavy atom. The first-order valence-corrected chi connectivity index (χ1v) is 6.48. The van der Waals surface area contributed by atoms with Crippen LogP contribution in [0.15, 0.2) is 29.3 Å². The van der Waals surface area contributed by atoms with Crippen molar-refractivity contribution in [1.82, 2.24) is 10.2 Å². The Hall–Kier alpha value is -1.62. The molecule has 1 N–H and O–H groups in total. The van der Waals surface area contributed by atoms with Gasteiger partial charge < -0.3 is 10.2 Å². The summed E-state index contributed by atoms with van der Waals surface area (Å²) in [6.45, 7) is 0.641. The fourth-order valence-corrected chi connectivity index (χ4v) is 3.01. The number of thiophene rings is 1. The van der Waals surface area contributed by atoms with E-state index in [4.69, 9.17) is 0 Å². The van der Waals surface area contributed by atoms with E-state index in [1.54, 1.807) is 16.2 Å². The van der Waals surface area contributed by atoms with Gasteiger partial charge in [-0.25, -0.2) is 0 Å². The Labute approximate surface area is 103 Å². The summed E-state index contributed by atoms with van der Waals surface area (Å²) in [5.41, 5.74) is 0.525. The molecule has 3 heterocycles. The van der Waals surface area contributed by atoms with Gasteiger partial charge in [-0.05, 0) is 17.9 Å². The minimum absolute atomic E-state index is 0.0155. The molecule has 5 heteroatoms. The number of rotatable bonds is 2. The second-order valence-electron chi connectivity index (χ2n) is 4.18. The molecule has 0 spiro atoms. The molecule has 2 amide bonds. The van der Waals surface area contributed by atoms with Crippen molar-refractivity contribution in [3.63, 3.8) is 0 Å². The molecule has 17 heavy (non-hydrogen) atoms. The predicted octanol–water partition coefficient (Wildman–Crippen LogP) is 0.905. The van der Waals surface area contributed by atoms with E-state index in [0.717, 1.165) is 11.3 Å². The van der Waals surface area contributed by atoms with E-state index in [1.807, 2.05) is 23.6 Å². The molecule has 1 atom stereocenters. The van der Waals surface area contributed by atoms with Crippen molar-refractivity contribution < 1.29 is 9.59 Å². The van der Waals surface area contributed by atoms with Crippen LogP contribution in [0.5, 0.6) is 0 Å². The average Bonchev–Trinajstić information content (AvgIpc) is 2.96. The van der Waals surface area contributed by atoms with Crippen molar-refractivity contribution in [3.05, 3.63) is 34.2 Å². The third-order valence-corrected chi connectivity index (χ3v) is 3.97. The highest BCUT2D eigenvalue weighted by atomic mass is 32.1. The molecule has 1 saturated heterocycles. The van der Waals surface area contributed by atoms with Crippen LogP contribution in [-0.4, -0.2) is 29.3 Å². The van der Waals surface area contributed by atoms with Gasteiger partial charge >= 0.3 is 0 Å². The molecule has 1 fully saturated rings. The number of piperazine rings is 1. The van der Waals surface area contributed by atoms with Crippen LogP contribution in [0.25, 0.3) is 0 Å². The number of nitrogens with one attached hydrogen (secondary N) is 1. The van der Waals surface area contributed by atoms with Crippen molar-refractivity contribution in [2.45, 2.75) is 18.9 Å². The third kappa shape index (κ3) is 1.76. The lowest BCUT2D eigenvalue weighted by Crippen LogP contribution is -2.56. The van der Waals surface area contributed by atoms with Crippen molar-refractivity contribution in [2.24, 2.45) is 0 Å². The largest absolute Gasteiger partial charge is 0.339 e. The Bertz CT molecular complexity index is 493. The molecule has 2 aliphatic heterocycles. The number of amides is 2. The normalized spacial score (nSPS) is 23.4. The fraction of sp³-hybridized carbons (Fsp3) is 0.333. The van der Waals surface area contributed by atoms with Crippen LogP contribution in [0.3, 0.4) is 0 Å². The minimum atomic E-state index is -0.406. The first kappa shape index (κ1) is 10.5. The van der Waals surface area contributed by atoms with Crippen LogP contribution in [0.2, 0.25) is 0 Å². The van der Waals surface area contributed by atoms with Crippen molar-refractivity contribution in [3.8, 4) is 0 Å². The maximum absolute atomic E-state index is 12.2. The molecular formula is C12H12N2O2S. The summed E-state index contributed by atoms with van der Waals surface area (Å²) >= 11 is 1.61. The molecule has 1 aromatic heterocycles. The van der Waals surface area contributed by atoms with Crippen LogP contribution >= 0.6 is 11.3 Å². The Balaban J connectivity index is 1.81. The summed E-state index contributed by atoms with van der Waals surface area (Å²) in [7, 11) is 0. The molecule has 3 rings (SSSR count). The van der Waals surface area contributed by atoms with E-state index in [9.17, 15) is 9.59 Å². The predicted molar refractivity (Wildman–Crippen MR) is 64.4 cm³/mol. The zero-order valence-corrected chi connectivity index (χ0v) is 10.00. The maximum Gasteiger partial charge on any atom is 0.268 e. The first-order chi connectivity index (χ1) is 8.25. The fourth-order valence-electron chi connectivity index (χ4n) is 2.26. The highest BCUT2D eigenvalue weighted by Crippen LogP contribution is 2.22. The third-order valence-electron chi connectivity index (χ3n) is 3.07. The summed E-state index contributed by atoms with van der Waals surface area (Å²) in [5, 5.41) is 4.76. The van der Waals surface area contributed by atoms with Gasteiger partial charge in [-0.2, -0.15) is 0 Å². The highest BCUT2D eigenvalue weighted by Gasteiger charge is 2.38. The summed E-state index contributed by atoms with van der Waals surface area (Å²) in [4.78, 5) is 26.7. The Morgan fingerprint density at radius 2 is 2.35 bits per heavy atom. The van der Waals surface area contributed by atoms with E-state index in [-0.39, 0.29) is 11.8 Å². The van der Waals surface area contributed by atoms with E-state index in [0.29, 0.717) is 18.7 Å². The smallest absolute Gasteiger partial charge is 0.268 e. The quantitative estimate of drug-likeness (QED) is 0.845. The molecule has 88 valence electrons. The van der Waals surface area contributed by atoms with Crippen molar-refractivity contribution in [1.29, 1.82) is 0 Å². The lowest BCUT2D eigenvalue weighted by Gasteiger charge is -2.31. The van der Waals surface area contributed by atoms with Gasteiger partial charge in [-0.15, -0.1) is 11.3 Å². The van der Waals surface area contributed by atoms with Gasteiger partial charge in [0.25, 0.3) is 5.91 Å². The zero-order chi connectivity index (χ0) is 11.8. The van der Waals surface area contributed by atoms with Gasteiger partial charge in [0, 0.05) is 17.8 Å². The van der Waals surface area contributed by atoms with Crippen molar-refractivity contribution >= 4 is 23.2 Å². The van der Waals surface area contributed by atoms with E-state index in [2.05, 4.69) is 5.32 Å². The van der Waals surface area contributed by atoms with Gasteiger partial charge in [0.2, 0.25) is 5.91 Å². The number of fused-ring (bicyclic) bond motifs is 1. The van der Waals surface area contributed by atoms with Crippen molar-refractivity contribution in [2.75, 3.05) is 6.54 Å². The van der Waals surface area contributed by atoms with Gasteiger partial charge in [0.1, 0.15) is 11.7 Å². The van der Waals surface area contributed by atoms with Crippen LogP contribution in [-0.2, 0) is 16.0 Å². The molecule has 1 unspecified atom stereocenters. The molecule has 0 radical (unpaired) electrons. The molecular weight excluding hydrogens is 236 g/mol. The minimum Gasteiger partial charge on any atom is -0.339 e. The number of carbonyl (C=O) groups is 2. The summed E-state index contributed by atoms with van der Waals surface area (Å²) in [6.07, 6.45) is 3.20.